The molecule has 1 rings (SSSR count). The normalized spacial score (nSPS) is 22.3. The average Bonchev–Trinajstić information content (AvgIpc) is 1.80. The van der Waals surface area contributed by atoms with E-state index in [1.54, 1.807) is 0 Å². The van der Waals surface area contributed by atoms with Gasteiger partial charge in [-0.1, -0.05) is 0 Å². The molecule has 0 aromatic carbocycles. The molecular formula is C6H8N2O4Pt. The summed E-state index contributed by atoms with van der Waals surface area (Å²) in [7, 11) is 0. The van der Waals surface area contributed by atoms with Gasteiger partial charge in [0.2, 0.25) is 0 Å². The van der Waals surface area contributed by atoms with Crippen LogP contribution < -0.4 is 21.7 Å². The van der Waals surface area contributed by atoms with E-state index in [9.17, 15) is 19.8 Å². The first kappa shape index (κ1) is 12.5. The maximum Gasteiger partial charge on any atom is 2.00 e. The van der Waals surface area contributed by atoms with Crippen LogP contribution in [0.4, 0.5) is 0 Å². The van der Waals surface area contributed by atoms with Crippen LogP contribution in [-0.2, 0) is 30.7 Å². The van der Waals surface area contributed by atoms with E-state index in [1.165, 1.54) is 0 Å². The fourth-order valence-electron chi connectivity index (χ4n) is 1.44. The van der Waals surface area contributed by atoms with E-state index in [2.05, 4.69) is 0 Å². The van der Waals surface area contributed by atoms with Crippen molar-refractivity contribution in [2.45, 2.75) is 18.5 Å². The Morgan fingerprint density at radius 2 is 1.38 bits per heavy atom. The molecule has 7 heteroatoms. The molecule has 0 aromatic heterocycles. The number of nitrogens with two attached hydrogens (primary N) is 2. The number of hydrogen-bond acceptors (Lipinski definition) is 6. The fourth-order valence-corrected chi connectivity index (χ4v) is 1.44. The zero-order valence-corrected chi connectivity index (χ0v) is 8.79. The van der Waals surface area contributed by atoms with Gasteiger partial charge in [-0.3, -0.25) is 0 Å². The summed E-state index contributed by atoms with van der Waals surface area (Å²) >= 11 is 0. The largest absolute Gasteiger partial charge is 2.00 e. The molecule has 0 spiro atoms. The van der Waals surface area contributed by atoms with Crippen LogP contribution >= 0.6 is 0 Å². The van der Waals surface area contributed by atoms with Gasteiger partial charge in [-0.25, -0.2) is 0 Å². The maximum absolute atomic E-state index is 10.4. The van der Waals surface area contributed by atoms with Crippen molar-refractivity contribution in [1.82, 2.24) is 0 Å². The molecule has 4 N–H and O–H groups in total. The van der Waals surface area contributed by atoms with Gasteiger partial charge in [0.05, 0.1) is 23.0 Å². The van der Waals surface area contributed by atoms with Gasteiger partial charge >= 0.3 is 21.1 Å². The summed E-state index contributed by atoms with van der Waals surface area (Å²) in [6.07, 6.45) is -0.685. The number of rotatable bonds is 2. The summed E-state index contributed by atoms with van der Waals surface area (Å²) in [5.74, 6) is -3.37. The average molecular weight is 367 g/mol. The van der Waals surface area contributed by atoms with Crippen molar-refractivity contribution in [2.75, 3.05) is 0 Å². The van der Waals surface area contributed by atoms with Gasteiger partial charge in [0, 0.05) is 0 Å². The molecule has 1 aliphatic carbocycles. The number of carbonyl (C=O) groups excluding carboxylic acids is 2. The number of aliphatic carboxylic acids is 2. The Morgan fingerprint density at radius 1 is 1.08 bits per heavy atom. The third kappa shape index (κ3) is 1.90. The van der Waals surface area contributed by atoms with Gasteiger partial charge in [-0.05, 0) is 12.8 Å². The molecule has 0 unspecified atom stereocenters. The zero-order chi connectivity index (χ0) is 9.57. The molecule has 76 valence electrons. The molecule has 0 aromatic rings. The van der Waals surface area contributed by atoms with Crippen molar-refractivity contribution in [2.24, 2.45) is 16.9 Å². The Morgan fingerprint density at radius 3 is 1.46 bits per heavy atom. The van der Waals surface area contributed by atoms with Gasteiger partial charge in [0.1, 0.15) is 0 Å². The number of carbonyl (C=O) groups is 2. The minimum atomic E-state index is -1.98. The van der Waals surface area contributed by atoms with E-state index in [0.717, 1.165) is 0 Å². The van der Waals surface area contributed by atoms with Crippen molar-refractivity contribution < 1.29 is 40.9 Å². The summed E-state index contributed by atoms with van der Waals surface area (Å²) in [5, 5.41) is 20.8. The molecule has 0 atom stereocenters. The van der Waals surface area contributed by atoms with Crippen molar-refractivity contribution in [3.63, 3.8) is 0 Å². The van der Waals surface area contributed by atoms with Crippen LogP contribution in [0.25, 0.3) is 0 Å². The van der Waals surface area contributed by atoms with E-state index in [0.29, 0.717) is 0 Å². The standard InChI is InChI=1S/C6H10N2O4.Pt/c7-6(8)1-5(2-6,3(9)10)4(11)12;/h1-2,7-8H2,(H,9,10)(H,11,12);/q;+2/p-2. The second-order valence-electron chi connectivity index (χ2n) is 3.24. The summed E-state index contributed by atoms with van der Waals surface area (Å²) in [5.41, 5.74) is 7.33. The second-order valence-corrected chi connectivity index (χ2v) is 3.24. The van der Waals surface area contributed by atoms with Crippen LogP contribution in [0.2, 0.25) is 0 Å². The van der Waals surface area contributed by atoms with Crippen LogP contribution in [0.5, 0.6) is 0 Å². The molecule has 1 fully saturated rings. The zero-order valence-electron chi connectivity index (χ0n) is 6.52. The fraction of sp³-hybridized carbons (Fsp3) is 0.667. The summed E-state index contributed by atoms with van der Waals surface area (Å²) in [6.45, 7) is 0. The van der Waals surface area contributed by atoms with Gasteiger partial charge in [-0.2, -0.15) is 0 Å². The molecule has 6 nitrogen and oxygen atoms in total. The van der Waals surface area contributed by atoms with Crippen LogP contribution in [0, 0.1) is 5.41 Å². The van der Waals surface area contributed by atoms with Gasteiger partial charge in [-0.15, -0.1) is 0 Å². The van der Waals surface area contributed by atoms with Crippen LogP contribution in [0.3, 0.4) is 0 Å². The number of carboxylic acid groups (broad SMARTS) is 2. The van der Waals surface area contributed by atoms with Crippen molar-refractivity contribution in [3.05, 3.63) is 0 Å². The topological polar surface area (TPSA) is 132 Å². The number of carboxylic acids is 2. The molecule has 0 heterocycles. The Balaban J connectivity index is 0.00000144. The van der Waals surface area contributed by atoms with E-state index in [-0.39, 0.29) is 33.9 Å². The Hall–Kier alpha value is -0.452. The van der Waals surface area contributed by atoms with Crippen molar-refractivity contribution >= 4 is 11.9 Å². The van der Waals surface area contributed by atoms with E-state index < -0.39 is 23.0 Å². The van der Waals surface area contributed by atoms with Crippen LogP contribution in [-0.4, -0.2) is 17.6 Å². The summed E-state index contributed by atoms with van der Waals surface area (Å²) < 4.78 is 0. The second kappa shape index (κ2) is 3.36. The Bertz CT molecular complexity index is 229. The molecule has 0 bridgehead atoms. The molecule has 0 aliphatic heterocycles. The molecule has 0 amide bonds. The van der Waals surface area contributed by atoms with E-state index >= 15 is 0 Å². The molecule has 1 aliphatic rings. The van der Waals surface area contributed by atoms with Crippen LogP contribution in [0.1, 0.15) is 12.8 Å². The Labute approximate surface area is 88.5 Å². The third-order valence-corrected chi connectivity index (χ3v) is 2.04. The SMILES string of the molecule is NC1(N)CC(C(=O)[O-])(C(=O)[O-])C1.[Pt+2]. The van der Waals surface area contributed by atoms with Crippen LogP contribution in [0.15, 0.2) is 0 Å². The minimum Gasteiger partial charge on any atom is -0.549 e. The van der Waals surface area contributed by atoms with Gasteiger partial charge < -0.3 is 31.3 Å². The maximum atomic E-state index is 10.4. The van der Waals surface area contributed by atoms with E-state index in [1.807, 2.05) is 0 Å². The molecule has 0 radical (unpaired) electrons. The van der Waals surface area contributed by atoms with Gasteiger partial charge in [0.15, 0.2) is 0 Å². The first-order valence-electron chi connectivity index (χ1n) is 3.31. The first-order valence-corrected chi connectivity index (χ1v) is 3.31. The molecular weight excluding hydrogens is 359 g/mol. The van der Waals surface area contributed by atoms with Crippen molar-refractivity contribution in [3.8, 4) is 0 Å². The van der Waals surface area contributed by atoms with Gasteiger partial charge in [0.25, 0.3) is 0 Å². The van der Waals surface area contributed by atoms with E-state index in [4.69, 9.17) is 11.5 Å². The Kier molecular flexibility index (Phi) is 3.25. The number of hydrogen-bond donors (Lipinski definition) is 2. The quantitative estimate of drug-likeness (QED) is 0.376. The molecule has 13 heavy (non-hydrogen) atoms. The summed E-state index contributed by atoms with van der Waals surface area (Å²) in [6, 6.07) is 0. The predicted octanol–water partition coefficient (Wildman–Crippen LogP) is -4.12. The molecule has 0 saturated heterocycles. The van der Waals surface area contributed by atoms with Crippen molar-refractivity contribution in [1.29, 1.82) is 0 Å². The summed E-state index contributed by atoms with van der Waals surface area (Å²) in [4.78, 5) is 20.8. The monoisotopic (exact) mass is 367 g/mol. The first-order chi connectivity index (χ1) is 5.30. The minimum absolute atomic E-state index is 0. The predicted molar refractivity (Wildman–Crippen MR) is 32.8 cm³/mol. The molecule has 1 saturated carbocycles. The third-order valence-electron chi connectivity index (χ3n) is 2.04. The smallest absolute Gasteiger partial charge is 0.549 e.